The number of hydrogen-bond acceptors (Lipinski definition) is 5. The Hall–Kier alpha value is -2.31. The molecule has 0 saturated carbocycles. The third-order valence-corrected chi connectivity index (χ3v) is 4.83. The SMILES string of the molecule is CSc1ccc(/C=c2/s/c(=C\C(=O)c3ccco3)[nH]c2=O)cc1. The van der Waals surface area contributed by atoms with Crippen LogP contribution in [0, 0.1) is 0 Å². The summed E-state index contributed by atoms with van der Waals surface area (Å²) in [6, 6.07) is 11.2. The standard InChI is InChI=1S/C17H13NO3S2/c1-22-12-6-4-11(5-7-12)9-15-17(20)18-16(23-15)10-13(19)14-3-2-8-21-14/h2-10H,1H3,(H,18,20)/b15-9+,16-10-. The van der Waals surface area contributed by atoms with Gasteiger partial charge in [0, 0.05) is 11.0 Å². The lowest BCUT2D eigenvalue weighted by Crippen LogP contribution is -2.19. The van der Waals surface area contributed by atoms with Gasteiger partial charge in [0.05, 0.1) is 15.5 Å². The average molecular weight is 343 g/mol. The second-order valence-electron chi connectivity index (χ2n) is 4.69. The fraction of sp³-hybridized carbons (Fsp3) is 0.0588. The Kier molecular flexibility index (Phi) is 4.64. The Morgan fingerprint density at radius 1 is 1.26 bits per heavy atom. The van der Waals surface area contributed by atoms with E-state index < -0.39 is 0 Å². The molecule has 4 nitrogen and oxygen atoms in total. The second-order valence-corrected chi connectivity index (χ2v) is 6.65. The minimum Gasteiger partial charge on any atom is -0.461 e. The van der Waals surface area contributed by atoms with Gasteiger partial charge in [0.1, 0.15) is 0 Å². The molecule has 6 heteroatoms. The molecule has 0 bridgehead atoms. The van der Waals surface area contributed by atoms with Crippen molar-refractivity contribution >= 4 is 41.0 Å². The van der Waals surface area contributed by atoms with Crippen LogP contribution in [0.25, 0.3) is 12.2 Å². The fourth-order valence-electron chi connectivity index (χ4n) is 1.98. The van der Waals surface area contributed by atoms with Gasteiger partial charge in [0.2, 0.25) is 5.78 Å². The molecule has 0 aliphatic rings. The molecule has 0 aliphatic heterocycles. The zero-order chi connectivity index (χ0) is 16.2. The van der Waals surface area contributed by atoms with Crippen LogP contribution >= 0.6 is 23.1 Å². The first-order valence-electron chi connectivity index (χ1n) is 6.80. The number of carbonyl (C=O) groups is 1. The molecule has 2 aromatic heterocycles. The van der Waals surface area contributed by atoms with E-state index in [-0.39, 0.29) is 17.1 Å². The molecule has 116 valence electrons. The van der Waals surface area contributed by atoms with E-state index in [0.717, 1.165) is 5.56 Å². The Balaban J connectivity index is 1.95. The molecule has 0 spiro atoms. The predicted octanol–water partition coefficient (Wildman–Crippen LogP) is 2.24. The smallest absolute Gasteiger partial charge is 0.266 e. The number of ketones is 1. The van der Waals surface area contributed by atoms with E-state index in [0.29, 0.717) is 9.20 Å². The Morgan fingerprint density at radius 3 is 2.70 bits per heavy atom. The first-order valence-corrected chi connectivity index (χ1v) is 8.84. The zero-order valence-electron chi connectivity index (χ0n) is 12.2. The first-order chi connectivity index (χ1) is 11.2. The van der Waals surface area contributed by atoms with Crippen molar-refractivity contribution in [1.29, 1.82) is 0 Å². The normalized spacial score (nSPS) is 12.7. The van der Waals surface area contributed by atoms with Gasteiger partial charge in [0.15, 0.2) is 5.76 Å². The van der Waals surface area contributed by atoms with Gasteiger partial charge in [-0.3, -0.25) is 9.59 Å². The summed E-state index contributed by atoms with van der Waals surface area (Å²) in [5, 5.41) is 0. The van der Waals surface area contributed by atoms with E-state index >= 15 is 0 Å². The van der Waals surface area contributed by atoms with Gasteiger partial charge >= 0.3 is 0 Å². The van der Waals surface area contributed by atoms with Gasteiger partial charge in [0.25, 0.3) is 5.56 Å². The number of thiazole rings is 1. The lowest BCUT2D eigenvalue weighted by Gasteiger charge is -1.95. The van der Waals surface area contributed by atoms with Crippen molar-refractivity contribution in [1.82, 2.24) is 4.98 Å². The lowest BCUT2D eigenvalue weighted by molar-refractivity contribution is 0.103. The number of carbonyl (C=O) groups excluding carboxylic acids is 1. The summed E-state index contributed by atoms with van der Waals surface area (Å²) in [4.78, 5) is 27.8. The predicted molar refractivity (Wildman–Crippen MR) is 93.5 cm³/mol. The second kappa shape index (κ2) is 6.85. The minimum atomic E-state index is -0.275. The van der Waals surface area contributed by atoms with Gasteiger partial charge in [-0.1, -0.05) is 12.1 Å². The van der Waals surface area contributed by atoms with E-state index in [1.54, 1.807) is 23.9 Å². The molecule has 0 atom stereocenters. The number of H-pyrrole nitrogens is 1. The van der Waals surface area contributed by atoms with E-state index in [1.165, 1.54) is 28.6 Å². The molecule has 0 fully saturated rings. The van der Waals surface area contributed by atoms with E-state index in [4.69, 9.17) is 4.42 Å². The highest BCUT2D eigenvalue weighted by molar-refractivity contribution is 7.98. The molecule has 0 aliphatic carbocycles. The van der Waals surface area contributed by atoms with Crippen LogP contribution in [0.4, 0.5) is 0 Å². The summed E-state index contributed by atoms with van der Waals surface area (Å²) in [7, 11) is 0. The van der Waals surface area contributed by atoms with Crippen molar-refractivity contribution in [2.45, 2.75) is 4.90 Å². The number of aromatic amines is 1. The third-order valence-electron chi connectivity index (χ3n) is 3.12. The molecule has 0 unspecified atom stereocenters. The van der Waals surface area contributed by atoms with E-state index in [1.807, 2.05) is 36.6 Å². The maximum Gasteiger partial charge on any atom is 0.266 e. The van der Waals surface area contributed by atoms with Crippen LogP contribution in [0.1, 0.15) is 16.1 Å². The number of thioether (sulfide) groups is 1. The monoisotopic (exact) mass is 343 g/mol. The van der Waals surface area contributed by atoms with Crippen molar-refractivity contribution < 1.29 is 9.21 Å². The summed E-state index contributed by atoms with van der Waals surface area (Å²) in [6.07, 6.45) is 6.64. The van der Waals surface area contributed by atoms with Gasteiger partial charge in [-0.15, -0.1) is 23.1 Å². The lowest BCUT2D eigenvalue weighted by atomic mass is 10.2. The van der Waals surface area contributed by atoms with Gasteiger partial charge in [-0.2, -0.15) is 0 Å². The zero-order valence-corrected chi connectivity index (χ0v) is 13.9. The van der Waals surface area contributed by atoms with Crippen molar-refractivity contribution in [3.63, 3.8) is 0 Å². The fourth-order valence-corrected chi connectivity index (χ4v) is 3.28. The molecule has 0 saturated heterocycles. The summed E-state index contributed by atoms with van der Waals surface area (Å²) in [5.74, 6) is -0.0270. The molecule has 1 N–H and O–H groups in total. The van der Waals surface area contributed by atoms with Crippen molar-refractivity contribution in [3.8, 4) is 0 Å². The Bertz CT molecular complexity index is 980. The average Bonchev–Trinajstić information content (AvgIpc) is 3.19. The highest BCUT2D eigenvalue weighted by Crippen LogP contribution is 2.14. The number of rotatable bonds is 4. The quantitative estimate of drug-likeness (QED) is 0.583. The van der Waals surface area contributed by atoms with Gasteiger partial charge in [-0.25, -0.2) is 0 Å². The number of nitrogens with one attached hydrogen (secondary N) is 1. The van der Waals surface area contributed by atoms with E-state index in [9.17, 15) is 9.59 Å². The number of hydrogen-bond donors (Lipinski definition) is 1. The molecule has 0 amide bonds. The Labute approximate surface area is 140 Å². The van der Waals surface area contributed by atoms with Gasteiger partial charge in [-0.05, 0) is 42.2 Å². The highest BCUT2D eigenvalue weighted by atomic mass is 32.2. The van der Waals surface area contributed by atoms with Crippen LogP contribution in [-0.2, 0) is 0 Å². The molecule has 3 aromatic rings. The topological polar surface area (TPSA) is 63.1 Å². The highest BCUT2D eigenvalue weighted by Gasteiger charge is 2.05. The summed E-state index contributed by atoms with van der Waals surface area (Å²) < 4.78 is 6.10. The summed E-state index contributed by atoms with van der Waals surface area (Å²) >= 11 is 2.91. The number of benzene rings is 1. The molecular weight excluding hydrogens is 330 g/mol. The van der Waals surface area contributed by atoms with Crippen LogP contribution in [-0.4, -0.2) is 17.0 Å². The van der Waals surface area contributed by atoms with Crippen LogP contribution in [0.15, 0.2) is 56.8 Å². The molecule has 2 heterocycles. The molecule has 0 radical (unpaired) electrons. The largest absolute Gasteiger partial charge is 0.461 e. The Morgan fingerprint density at radius 2 is 2.04 bits per heavy atom. The number of aromatic nitrogens is 1. The summed E-state index contributed by atoms with van der Waals surface area (Å²) in [5.41, 5.74) is 0.737. The number of Topliss-reactive ketones (excluding diaryl/α,β-unsaturated/α-hetero) is 1. The molecular formula is C17H13NO3S2. The molecule has 23 heavy (non-hydrogen) atoms. The van der Waals surface area contributed by atoms with Crippen LogP contribution in [0.3, 0.4) is 0 Å². The molecule has 1 aromatic carbocycles. The maximum atomic E-state index is 12.0. The van der Waals surface area contributed by atoms with Crippen molar-refractivity contribution in [3.05, 3.63) is 73.5 Å². The first kappa shape index (κ1) is 15.6. The minimum absolute atomic E-state index is 0.206. The van der Waals surface area contributed by atoms with Crippen molar-refractivity contribution in [2.75, 3.05) is 6.26 Å². The summed E-state index contributed by atoms with van der Waals surface area (Å²) in [6.45, 7) is 0. The molecule has 3 rings (SSSR count). The van der Waals surface area contributed by atoms with Crippen molar-refractivity contribution in [2.24, 2.45) is 0 Å². The van der Waals surface area contributed by atoms with Crippen LogP contribution in [0.2, 0.25) is 0 Å². The third kappa shape index (κ3) is 3.72. The number of furan rings is 1. The van der Waals surface area contributed by atoms with E-state index in [2.05, 4.69) is 4.98 Å². The maximum absolute atomic E-state index is 12.0. The van der Waals surface area contributed by atoms with Gasteiger partial charge < -0.3 is 9.40 Å². The van der Waals surface area contributed by atoms with Crippen LogP contribution < -0.4 is 14.8 Å². The van der Waals surface area contributed by atoms with Crippen LogP contribution in [0.5, 0.6) is 0 Å².